The first-order chi connectivity index (χ1) is 6.02. The summed E-state index contributed by atoms with van der Waals surface area (Å²) >= 11 is 0. The SMILES string of the molecule is CC(C)NC(C)C.Cc1nnn[nH]1. The summed E-state index contributed by atoms with van der Waals surface area (Å²) in [6.45, 7) is 10.4. The van der Waals surface area contributed by atoms with E-state index in [1.807, 2.05) is 0 Å². The number of nitrogens with one attached hydrogen (secondary N) is 2. The number of H-pyrrole nitrogens is 1. The number of rotatable bonds is 2. The predicted octanol–water partition coefficient (Wildman–Crippen LogP) is 0.901. The van der Waals surface area contributed by atoms with E-state index < -0.39 is 0 Å². The van der Waals surface area contributed by atoms with Gasteiger partial charge in [-0.25, -0.2) is 5.10 Å². The molecule has 0 spiro atoms. The smallest absolute Gasteiger partial charge is 0.145 e. The lowest BCUT2D eigenvalue weighted by molar-refractivity contribution is 0.518. The Hall–Kier alpha value is -0.970. The van der Waals surface area contributed by atoms with E-state index in [0.29, 0.717) is 12.1 Å². The van der Waals surface area contributed by atoms with E-state index in [2.05, 4.69) is 53.6 Å². The van der Waals surface area contributed by atoms with Crippen LogP contribution in [0.4, 0.5) is 0 Å². The average molecular weight is 185 g/mol. The Bertz CT molecular complexity index is 186. The molecule has 0 amide bonds. The van der Waals surface area contributed by atoms with Gasteiger partial charge >= 0.3 is 0 Å². The van der Waals surface area contributed by atoms with Gasteiger partial charge in [0, 0.05) is 12.1 Å². The molecule has 0 aromatic carbocycles. The monoisotopic (exact) mass is 185 g/mol. The minimum absolute atomic E-state index is 0.625. The summed E-state index contributed by atoms with van der Waals surface area (Å²) in [5.74, 6) is 0.745. The molecule has 5 heteroatoms. The molecule has 0 unspecified atom stereocenters. The van der Waals surface area contributed by atoms with Crippen LogP contribution in [0.1, 0.15) is 33.5 Å². The van der Waals surface area contributed by atoms with E-state index in [4.69, 9.17) is 0 Å². The molecule has 0 aliphatic carbocycles. The lowest BCUT2D eigenvalue weighted by Crippen LogP contribution is -2.29. The third kappa shape index (κ3) is 8.94. The molecule has 1 rings (SSSR count). The van der Waals surface area contributed by atoms with Crippen LogP contribution >= 0.6 is 0 Å². The highest BCUT2D eigenvalue weighted by molar-refractivity contribution is 4.63. The van der Waals surface area contributed by atoms with E-state index in [1.54, 1.807) is 6.92 Å². The standard InChI is InChI=1S/C6H15N.C2H4N4/c1-5(2)7-6(3)4;1-2-3-5-6-4-2/h5-7H,1-4H3;1H3,(H,3,4,5,6). The molecule has 0 atom stereocenters. The van der Waals surface area contributed by atoms with Crippen molar-refractivity contribution in [3.8, 4) is 0 Å². The molecule has 0 aliphatic heterocycles. The van der Waals surface area contributed by atoms with Gasteiger partial charge in [0.15, 0.2) is 0 Å². The molecule has 76 valence electrons. The van der Waals surface area contributed by atoms with Gasteiger partial charge in [-0.3, -0.25) is 0 Å². The summed E-state index contributed by atoms with van der Waals surface area (Å²) in [6.07, 6.45) is 0. The van der Waals surface area contributed by atoms with Crippen molar-refractivity contribution in [2.24, 2.45) is 0 Å². The number of hydrogen-bond acceptors (Lipinski definition) is 4. The summed E-state index contributed by atoms with van der Waals surface area (Å²) in [6, 6.07) is 1.25. The Morgan fingerprint density at radius 3 is 1.77 bits per heavy atom. The third-order valence-electron chi connectivity index (χ3n) is 1.12. The van der Waals surface area contributed by atoms with Crippen LogP contribution in [0.15, 0.2) is 0 Å². The molecule has 0 bridgehead atoms. The number of aryl methyl sites for hydroxylation is 1. The zero-order valence-electron chi connectivity index (χ0n) is 9.00. The molecular formula is C8H19N5. The summed E-state index contributed by atoms with van der Waals surface area (Å²) in [4.78, 5) is 0. The fraction of sp³-hybridized carbons (Fsp3) is 0.875. The van der Waals surface area contributed by atoms with E-state index in [9.17, 15) is 0 Å². The highest BCUT2D eigenvalue weighted by atomic mass is 15.5. The fourth-order valence-electron chi connectivity index (χ4n) is 0.873. The molecule has 0 saturated heterocycles. The number of tetrazole rings is 1. The molecule has 1 aromatic heterocycles. The molecule has 1 aromatic rings. The van der Waals surface area contributed by atoms with Crippen LogP contribution in [-0.4, -0.2) is 32.7 Å². The van der Waals surface area contributed by atoms with Crippen molar-refractivity contribution >= 4 is 0 Å². The maximum atomic E-state index is 3.50. The molecule has 0 aliphatic rings. The van der Waals surface area contributed by atoms with Gasteiger partial charge in [-0.1, -0.05) is 27.7 Å². The van der Waals surface area contributed by atoms with Crippen LogP contribution in [0.5, 0.6) is 0 Å². The number of nitrogens with zero attached hydrogens (tertiary/aromatic N) is 3. The van der Waals surface area contributed by atoms with Crippen LogP contribution < -0.4 is 5.32 Å². The van der Waals surface area contributed by atoms with Crippen molar-refractivity contribution < 1.29 is 0 Å². The van der Waals surface area contributed by atoms with Gasteiger partial charge < -0.3 is 5.32 Å². The lowest BCUT2D eigenvalue weighted by atomic mass is 10.3. The molecule has 13 heavy (non-hydrogen) atoms. The zero-order valence-corrected chi connectivity index (χ0v) is 9.00. The minimum atomic E-state index is 0.625. The second-order valence-electron chi connectivity index (χ2n) is 3.46. The van der Waals surface area contributed by atoms with Crippen LogP contribution in [-0.2, 0) is 0 Å². The maximum Gasteiger partial charge on any atom is 0.145 e. The normalized spacial score (nSPS) is 10.1. The first-order valence-electron chi connectivity index (χ1n) is 4.48. The Morgan fingerprint density at radius 1 is 1.15 bits per heavy atom. The molecule has 2 N–H and O–H groups in total. The fourth-order valence-corrected chi connectivity index (χ4v) is 0.873. The largest absolute Gasteiger partial charge is 0.312 e. The Balaban J connectivity index is 0.000000223. The van der Waals surface area contributed by atoms with E-state index in [-0.39, 0.29) is 0 Å². The van der Waals surface area contributed by atoms with Crippen molar-refractivity contribution in [1.29, 1.82) is 0 Å². The second kappa shape index (κ2) is 6.54. The van der Waals surface area contributed by atoms with Crippen molar-refractivity contribution in [2.75, 3.05) is 0 Å². The van der Waals surface area contributed by atoms with Gasteiger partial charge in [0.25, 0.3) is 0 Å². The maximum absolute atomic E-state index is 3.50. The molecular weight excluding hydrogens is 166 g/mol. The van der Waals surface area contributed by atoms with Crippen molar-refractivity contribution in [3.05, 3.63) is 5.82 Å². The van der Waals surface area contributed by atoms with Crippen LogP contribution in [0.3, 0.4) is 0 Å². The van der Waals surface area contributed by atoms with Gasteiger partial charge in [0.2, 0.25) is 0 Å². The summed E-state index contributed by atoms with van der Waals surface area (Å²) in [5.41, 5.74) is 0. The van der Waals surface area contributed by atoms with Gasteiger partial charge in [0.05, 0.1) is 0 Å². The Labute approximate surface area is 79.3 Å². The van der Waals surface area contributed by atoms with E-state index in [0.717, 1.165) is 5.82 Å². The zero-order chi connectivity index (χ0) is 10.3. The van der Waals surface area contributed by atoms with E-state index >= 15 is 0 Å². The van der Waals surface area contributed by atoms with Crippen molar-refractivity contribution in [1.82, 2.24) is 25.9 Å². The second-order valence-corrected chi connectivity index (χ2v) is 3.46. The van der Waals surface area contributed by atoms with Crippen LogP contribution in [0.2, 0.25) is 0 Å². The Kier molecular flexibility index (Phi) is 6.05. The first-order valence-corrected chi connectivity index (χ1v) is 4.48. The highest BCUT2D eigenvalue weighted by Gasteiger charge is 1.92. The van der Waals surface area contributed by atoms with Crippen molar-refractivity contribution in [2.45, 2.75) is 46.7 Å². The van der Waals surface area contributed by atoms with Crippen LogP contribution in [0.25, 0.3) is 0 Å². The quantitative estimate of drug-likeness (QED) is 0.718. The van der Waals surface area contributed by atoms with Crippen LogP contribution in [0, 0.1) is 6.92 Å². The number of aromatic nitrogens is 4. The summed E-state index contributed by atoms with van der Waals surface area (Å²) in [7, 11) is 0. The van der Waals surface area contributed by atoms with Gasteiger partial charge in [-0.15, -0.1) is 5.10 Å². The topological polar surface area (TPSA) is 66.5 Å². The molecule has 1 heterocycles. The molecule has 0 fully saturated rings. The van der Waals surface area contributed by atoms with Gasteiger partial charge in [0.1, 0.15) is 5.82 Å². The third-order valence-corrected chi connectivity index (χ3v) is 1.12. The summed E-state index contributed by atoms with van der Waals surface area (Å²) in [5, 5.41) is 15.9. The predicted molar refractivity (Wildman–Crippen MR) is 52.3 cm³/mol. The summed E-state index contributed by atoms with van der Waals surface area (Å²) < 4.78 is 0. The molecule has 0 saturated carbocycles. The minimum Gasteiger partial charge on any atom is -0.312 e. The van der Waals surface area contributed by atoms with Gasteiger partial charge in [-0.05, 0) is 17.4 Å². The van der Waals surface area contributed by atoms with E-state index in [1.165, 1.54) is 0 Å². The number of aromatic amines is 1. The Morgan fingerprint density at radius 2 is 1.69 bits per heavy atom. The average Bonchev–Trinajstić information content (AvgIpc) is 2.37. The number of hydrogen-bond donors (Lipinski definition) is 2. The highest BCUT2D eigenvalue weighted by Crippen LogP contribution is 1.80. The molecule has 5 nitrogen and oxygen atoms in total. The first kappa shape index (κ1) is 12.0. The van der Waals surface area contributed by atoms with Crippen molar-refractivity contribution in [3.63, 3.8) is 0 Å². The van der Waals surface area contributed by atoms with Gasteiger partial charge in [-0.2, -0.15) is 0 Å². The lowest BCUT2D eigenvalue weighted by Gasteiger charge is -2.10. The molecule has 0 radical (unpaired) electrons.